The Kier molecular flexibility index (Phi) is 5.62. The summed E-state index contributed by atoms with van der Waals surface area (Å²) in [6.07, 6.45) is 2.59. The highest BCUT2D eigenvalue weighted by atomic mass is 16.5. The van der Waals surface area contributed by atoms with Gasteiger partial charge < -0.3 is 15.0 Å². The third kappa shape index (κ3) is 4.17. The van der Waals surface area contributed by atoms with Gasteiger partial charge in [0.15, 0.2) is 0 Å². The van der Waals surface area contributed by atoms with Crippen LogP contribution in [0.15, 0.2) is 60.9 Å². The molecule has 3 aromatic rings. The van der Waals surface area contributed by atoms with E-state index in [2.05, 4.69) is 20.2 Å². The molecule has 6 heteroatoms. The van der Waals surface area contributed by atoms with Crippen LogP contribution in [-0.4, -0.2) is 41.0 Å². The summed E-state index contributed by atoms with van der Waals surface area (Å²) in [6.45, 7) is 3.12. The molecule has 2 heterocycles. The van der Waals surface area contributed by atoms with E-state index in [1.165, 1.54) is 0 Å². The van der Waals surface area contributed by atoms with E-state index in [4.69, 9.17) is 4.74 Å². The van der Waals surface area contributed by atoms with Gasteiger partial charge >= 0.3 is 0 Å². The second-order valence-electron chi connectivity index (χ2n) is 7.36. The average Bonchev–Trinajstić information content (AvgIpc) is 3.23. The molecule has 6 nitrogen and oxygen atoms in total. The maximum atomic E-state index is 12.8. The van der Waals surface area contributed by atoms with Gasteiger partial charge in [-0.25, -0.2) is 4.98 Å². The van der Waals surface area contributed by atoms with E-state index in [1.807, 2.05) is 61.5 Å². The molecular weight excluding hydrogens is 364 g/mol. The van der Waals surface area contributed by atoms with Gasteiger partial charge in [-0.1, -0.05) is 42.5 Å². The molecule has 2 N–H and O–H groups in total. The summed E-state index contributed by atoms with van der Waals surface area (Å²) in [5.74, 6) is 0.826. The molecule has 0 saturated heterocycles. The fourth-order valence-electron chi connectivity index (χ4n) is 3.95. The predicted octanol–water partition coefficient (Wildman–Crippen LogP) is 3.24. The van der Waals surface area contributed by atoms with E-state index in [-0.39, 0.29) is 18.0 Å². The summed E-state index contributed by atoms with van der Waals surface area (Å²) in [6, 6.07) is 17.9. The highest BCUT2D eigenvalue weighted by Crippen LogP contribution is 2.33. The molecule has 0 bridgehead atoms. The Morgan fingerprint density at radius 2 is 2.00 bits per heavy atom. The van der Waals surface area contributed by atoms with Gasteiger partial charge in [0.25, 0.3) is 0 Å². The van der Waals surface area contributed by atoms with Crippen LogP contribution in [0.25, 0.3) is 0 Å². The number of hydrogen-bond donors (Lipinski definition) is 2. The summed E-state index contributed by atoms with van der Waals surface area (Å²) < 4.78 is 5.29. The smallest absolute Gasteiger partial charge is 0.234 e. The van der Waals surface area contributed by atoms with Gasteiger partial charge in [0.2, 0.25) is 5.91 Å². The number of methoxy groups -OCH3 is 1. The molecule has 1 aliphatic heterocycles. The minimum atomic E-state index is -0.0614. The molecule has 1 aromatic heterocycles. The van der Waals surface area contributed by atoms with E-state index in [0.29, 0.717) is 6.54 Å². The summed E-state index contributed by atoms with van der Waals surface area (Å²) in [7, 11) is 1.66. The fraction of sp³-hybridized carbons (Fsp3) is 0.304. The lowest BCUT2D eigenvalue weighted by Crippen LogP contribution is -2.43. The van der Waals surface area contributed by atoms with Crippen LogP contribution in [0.1, 0.15) is 41.5 Å². The minimum Gasteiger partial charge on any atom is -0.497 e. The summed E-state index contributed by atoms with van der Waals surface area (Å²) in [5, 5.41) is 3.12. The summed E-state index contributed by atoms with van der Waals surface area (Å²) in [5.41, 5.74) is 4.33. The minimum absolute atomic E-state index is 0.0128. The van der Waals surface area contributed by atoms with Gasteiger partial charge in [-0.15, -0.1) is 0 Å². The van der Waals surface area contributed by atoms with E-state index in [0.717, 1.165) is 41.2 Å². The lowest BCUT2D eigenvalue weighted by molar-refractivity contribution is -0.123. The average molecular weight is 390 g/mol. The number of carbonyl (C=O) groups is 1. The zero-order valence-electron chi connectivity index (χ0n) is 16.8. The molecule has 2 atom stereocenters. The molecule has 0 aliphatic carbocycles. The molecule has 1 aliphatic rings. The number of nitrogens with one attached hydrogen (secondary N) is 2. The number of H-pyrrole nitrogens is 1. The largest absolute Gasteiger partial charge is 0.497 e. The highest BCUT2D eigenvalue weighted by molar-refractivity contribution is 5.78. The molecule has 0 radical (unpaired) electrons. The monoisotopic (exact) mass is 390 g/mol. The Morgan fingerprint density at radius 1 is 1.24 bits per heavy atom. The normalized spacial score (nSPS) is 17.4. The third-order valence-electron chi connectivity index (χ3n) is 5.48. The zero-order chi connectivity index (χ0) is 20.2. The van der Waals surface area contributed by atoms with Crippen molar-refractivity contribution in [2.75, 3.05) is 20.2 Å². The number of hydrogen-bond acceptors (Lipinski definition) is 4. The van der Waals surface area contributed by atoms with Gasteiger partial charge in [-0.3, -0.25) is 9.69 Å². The second kappa shape index (κ2) is 8.49. The zero-order valence-corrected chi connectivity index (χ0v) is 16.8. The number of amides is 1. The van der Waals surface area contributed by atoms with Crippen LogP contribution in [0.5, 0.6) is 5.75 Å². The Bertz CT molecular complexity index is 953. The highest BCUT2D eigenvalue weighted by Gasteiger charge is 2.32. The number of nitrogens with zero attached hydrogens (tertiary/aromatic N) is 2. The number of fused-ring (bicyclic) bond motifs is 1. The van der Waals surface area contributed by atoms with Crippen molar-refractivity contribution in [3.63, 3.8) is 0 Å². The van der Waals surface area contributed by atoms with Crippen molar-refractivity contribution in [2.45, 2.75) is 25.4 Å². The number of imidazole rings is 1. The first kappa shape index (κ1) is 19.2. The fourth-order valence-corrected chi connectivity index (χ4v) is 3.95. The van der Waals surface area contributed by atoms with Crippen molar-refractivity contribution in [2.24, 2.45) is 0 Å². The standard InChI is InChI=1S/C23H26N4O2/c1-16(17-6-4-3-5-7-17)26-21(28)14-27-13-12-20-22(25-15-24-20)23(27)18-8-10-19(29-2)11-9-18/h3-11,15-16,23H,12-14H2,1-2H3,(H,24,25)(H,26,28)/t16-,23-/m1/s1. The predicted molar refractivity (Wildman–Crippen MR) is 112 cm³/mol. The molecule has 0 unspecified atom stereocenters. The van der Waals surface area contributed by atoms with Crippen LogP contribution in [0.4, 0.5) is 0 Å². The van der Waals surface area contributed by atoms with Crippen molar-refractivity contribution < 1.29 is 9.53 Å². The van der Waals surface area contributed by atoms with Crippen molar-refractivity contribution >= 4 is 5.91 Å². The Labute approximate surface area is 170 Å². The first-order chi connectivity index (χ1) is 14.2. The van der Waals surface area contributed by atoms with Gasteiger partial charge in [-0.2, -0.15) is 0 Å². The molecule has 4 rings (SSSR count). The SMILES string of the molecule is COc1ccc([C@@H]2c3nc[nH]c3CCN2CC(=O)N[C@H](C)c2ccccc2)cc1. The van der Waals surface area contributed by atoms with Crippen LogP contribution in [-0.2, 0) is 11.2 Å². The first-order valence-corrected chi connectivity index (χ1v) is 9.90. The Morgan fingerprint density at radius 3 is 2.72 bits per heavy atom. The third-order valence-corrected chi connectivity index (χ3v) is 5.48. The lowest BCUT2D eigenvalue weighted by Gasteiger charge is -2.35. The number of rotatable bonds is 6. The molecule has 0 spiro atoms. The first-order valence-electron chi connectivity index (χ1n) is 9.90. The van der Waals surface area contributed by atoms with E-state index < -0.39 is 0 Å². The van der Waals surface area contributed by atoms with E-state index in [1.54, 1.807) is 13.4 Å². The molecule has 2 aromatic carbocycles. The number of ether oxygens (including phenoxy) is 1. The molecule has 0 fully saturated rings. The Hall–Kier alpha value is -3.12. The van der Waals surface area contributed by atoms with Gasteiger partial charge in [0, 0.05) is 18.7 Å². The molecular formula is C23H26N4O2. The van der Waals surface area contributed by atoms with Crippen molar-refractivity contribution in [3.8, 4) is 5.75 Å². The van der Waals surface area contributed by atoms with Crippen molar-refractivity contribution in [3.05, 3.63) is 83.4 Å². The number of aromatic nitrogens is 2. The van der Waals surface area contributed by atoms with Crippen molar-refractivity contribution in [1.82, 2.24) is 20.2 Å². The molecule has 1 amide bonds. The lowest BCUT2D eigenvalue weighted by atomic mass is 9.95. The van der Waals surface area contributed by atoms with Crippen LogP contribution >= 0.6 is 0 Å². The maximum absolute atomic E-state index is 12.8. The summed E-state index contributed by atoms with van der Waals surface area (Å²) in [4.78, 5) is 22.8. The quantitative estimate of drug-likeness (QED) is 0.678. The number of carbonyl (C=O) groups excluding carboxylic acids is 1. The summed E-state index contributed by atoms with van der Waals surface area (Å²) >= 11 is 0. The van der Waals surface area contributed by atoms with Crippen LogP contribution in [0.3, 0.4) is 0 Å². The van der Waals surface area contributed by atoms with Gasteiger partial charge in [0.05, 0.1) is 37.8 Å². The number of aromatic amines is 1. The van der Waals surface area contributed by atoms with Gasteiger partial charge in [-0.05, 0) is 30.2 Å². The van der Waals surface area contributed by atoms with E-state index >= 15 is 0 Å². The molecule has 150 valence electrons. The molecule has 29 heavy (non-hydrogen) atoms. The van der Waals surface area contributed by atoms with Crippen LogP contribution in [0, 0.1) is 0 Å². The Balaban J connectivity index is 1.52. The second-order valence-corrected chi connectivity index (χ2v) is 7.36. The van der Waals surface area contributed by atoms with Crippen LogP contribution < -0.4 is 10.1 Å². The van der Waals surface area contributed by atoms with Crippen LogP contribution in [0.2, 0.25) is 0 Å². The van der Waals surface area contributed by atoms with Crippen molar-refractivity contribution in [1.29, 1.82) is 0 Å². The maximum Gasteiger partial charge on any atom is 0.234 e. The number of benzene rings is 2. The van der Waals surface area contributed by atoms with E-state index in [9.17, 15) is 4.79 Å². The topological polar surface area (TPSA) is 70.2 Å². The van der Waals surface area contributed by atoms with Gasteiger partial charge in [0.1, 0.15) is 5.75 Å². The molecule has 0 saturated carbocycles.